The van der Waals surface area contributed by atoms with Crippen LogP contribution in [0.25, 0.3) is 0 Å². The number of rotatable bonds is 4. The number of hydrogen-bond acceptors (Lipinski definition) is 6. The zero-order chi connectivity index (χ0) is 19.0. The fraction of sp³-hybridized carbons (Fsp3) is 0.421. The van der Waals surface area contributed by atoms with E-state index in [9.17, 15) is 9.59 Å². The summed E-state index contributed by atoms with van der Waals surface area (Å²) < 4.78 is 5.45. The van der Waals surface area contributed by atoms with Crippen LogP contribution in [0.3, 0.4) is 0 Å². The van der Waals surface area contributed by atoms with Crippen LogP contribution < -0.4 is 0 Å². The number of amides is 1. The quantitative estimate of drug-likeness (QED) is 0.574. The van der Waals surface area contributed by atoms with E-state index < -0.39 is 12.0 Å². The van der Waals surface area contributed by atoms with Crippen LogP contribution in [0.1, 0.15) is 39.3 Å². The van der Waals surface area contributed by atoms with E-state index in [2.05, 4.69) is 4.99 Å². The number of thioether (sulfide) groups is 2. The summed E-state index contributed by atoms with van der Waals surface area (Å²) >= 11 is 3.08. The summed E-state index contributed by atoms with van der Waals surface area (Å²) in [6, 6.07) is 7.44. The largest absolute Gasteiger partial charge is 0.459 e. The molecule has 1 aromatic carbocycles. The molecule has 26 heavy (non-hydrogen) atoms. The second-order valence-corrected chi connectivity index (χ2v) is 8.68. The summed E-state index contributed by atoms with van der Waals surface area (Å²) in [6.07, 6.45) is 1.77. The zero-order valence-corrected chi connectivity index (χ0v) is 17.1. The van der Waals surface area contributed by atoms with E-state index in [1.54, 1.807) is 23.6 Å². The number of ether oxygens (including phenoxy) is 1. The van der Waals surface area contributed by atoms with Gasteiger partial charge in [0.2, 0.25) is 5.91 Å². The number of carbonyl (C=O) groups excluding carboxylic acids is 2. The van der Waals surface area contributed by atoms with Gasteiger partial charge in [-0.25, -0.2) is 9.79 Å². The Morgan fingerprint density at radius 3 is 2.54 bits per heavy atom. The summed E-state index contributed by atoms with van der Waals surface area (Å²) in [6.45, 7) is 7.29. The maximum Gasteiger partial charge on any atom is 0.338 e. The number of benzene rings is 1. The molecule has 5 nitrogen and oxygen atoms in total. The first-order chi connectivity index (χ1) is 12.3. The third-order valence-electron chi connectivity index (χ3n) is 4.25. The first-order valence-electron chi connectivity index (χ1n) is 8.47. The minimum absolute atomic E-state index is 0.0324. The van der Waals surface area contributed by atoms with Gasteiger partial charge in [0.1, 0.15) is 0 Å². The molecule has 0 bridgehead atoms. The molecule has 0 saturated carbocycles. The second kappa shape index (κ2) is 7.48. The van der Waals surface area contributed by atoms with E-state index in [0.717, 1.165) is 10.5 Å². The van der Waals surface area contributed by atoms with Crippen molar-refractivity contribution in [2.45, 2.75) is 50.0 Å². The zero-order valence-electron chi connectivity index (χ0n) is 15.5. The van der Waals surface area contributed by atoms with Gasteiger partial charge in [-0.1, -0.05) is 23.9 Å². The van der Waals surface area contributed by atoms with Gasteiger partial charge in [-0.3, -0.25) is 9.69 Å². The van der Waals surface area contributed by atoms with Crippen molar-refractivity contribution in [1.82, 2.24) is 4.90 Å². The molecule has 2 heterocycles. The Labute approximate surface area is 162 Å². The Hall–Kier alpha value is -1.73. The van der Waals surface area contributed by atoms with Crippen molar-refractivity contribution in [3.05, 3.63) is 41.1 Å². The van der Waals surface area contributed by atoms with Crippen LogP contribution in [0, 0.1) is 0 Å². The van der Waals surface area contributed by atoms with Crippen LogP contribution in [0.5, 0.6) is 0 Å². The average Bonchev–Trinajstić information content (AvgIpc) is 2.87. The highest BCUT2D eigenvalue weighted by atomic mass is 32.2. The summed E-state index contributed by atoms with van der Waals surface area (Å²) in [5.74, 6) is -0.452. The number of carbonyl (C=O) groups is 2. The molecule has 138 valence electrons. The van der Waals surface area contributed by atoms with Gasteiger partial charge in [0.15, 0.2) is 5.17 Å². The van der Waals surface area contributed by atoms with Gasteiger partial charge in [0.05, 0.1) is 28.7 Å². The molecule has 1 aromatic rings. The van der Waals surface area contributed by atoms with Crippen molar-refractivity contribution in [1.29, 1.82) is 0 Å². The molecule has 0 unspecified atom stereocenters. The van der Waals surface area contributed by atoms with E-state index in [1.165, 1.54) is 11.8 Å². The van der Waals surface area contributed by atoms with Gasteiger partial charge in [-0.2, -0.15) is 0 Å². The molecule has 7 heteroatoms. The third kappa shape index (κ3) is 3.42. The Bertz CT molecular complexity index is 800. The molecule has 2 atom stereocenters. The topological polar surface area (TPSA) is 59.0 Å². The Balaban J connectivity index is 2.11. The molecule has 1 saturated heterocycles. The Morgan fingerprint density at radius 1 is 1.31 bits per heavy atom. The molecule has 0 aromatic heterocycles. The predicted octanol–water partition coefficient (Wildman–Crippen LogP) is 4.01. The molecule has 1 amide bonds. The highest BCUT2D eigenvalue weighted by Crippen LogP contribution is 2.43. The fourth-order valence-electron chi connectivity index (χ4n) is 3.04. The van der Waals surface area contributed by atoms with Crippen LogP contribution in [-0.2, 0) is 14.3 Å². The smallest absolute Gasteiger partial charge is 0.338 e. The fourth-order valence-corrected chi connectivity index (χ4v) is 4.48. The SMILES string of the molecule is CSc1ccc([C@H]2C(C(=O)OC(C)C)=C(C)N=C3S[C@@H](C)C(=O)N32)cc1. The standard InChI is InChI=1S/C19H22N2O3S2/c1-10(2)24-18(23)15-11(3)20-19-21(17(22)12(4)26-19)16(15)13-6-8-14(25-5)9-7-13/h6-10,12,16H,1-5H3/t12-,16-/m0/s1. The number of aliphatic imine (C=N–C) groups is 1. The first-order valence-corrected chi connectivity index (χ1v) is 10.6. The average molecular weight is 391 g/mol. The lowest BCUT2D eigenvalue weighted by Gasteiger charge is -2.33. The van der Waals surface area contributed by atoms with Crippen LogP contribution in [0.2, 0.25) is 0 Å². The van der Waals surface area contributed by atoms with Gasteiger partial charge in [0, 0.05) is 4.90 Å². The van der Waals surface area contributed by atoms with Gasteiger partial charge in [0.25, 0.3) is 0 Å². The molecule has 0 aliphatic carbocycles. The summed E-state index contributed by atoms with van der Waals surface area (Å²) in [5.41, 5.74) is 1.92. The van der Waals surface area contributed by atoms with Gasteiger partial charge in [-0.05, 0) is 51.6 Å². The van der Waals surface area contributed by atoms with Crippen molar-refractivity contribution < 1.29 is 14.3 Å². The highest BCUT2D eigenvalue weighted by molar-refractivity contribution is 8.15. The van der Waals surface area contributed by atoms with Gasteiger partial charge in [-0.15, -0.1) is 11.8 Å². The van der Waals surface area contributed by atoms with E-state index in [0.29, 0.717) is 16.4 Å². The molecule has 2 aliphatic rings. The predicted molar refractivity (Wildman–Crippen MR) is 106 cm³/mol. The lowest BCUT2D eigenvalue weighted by Crippen LogP contribution is -2.40. The van der Waals surface area contributed by atoms with Crippen molar-refractivity contribution in [2.24, 2.45) is 4.99 Å². The van der Waals surface area contributed by atoms with Crippen molar-refractivity contribution in [3.63, 3.8) is 0 Å². The molecule has 2 aliphatic heterocycles. The molecular formula is C19H22N2O3S2. The van der Waals surface area contributed by atoms with E-state index in [1.807, 2.05) is 51.3 Å². The van der Waals surface area contributed by atoms with Gasteiger partial charge >= 0.3 is 5.97 Å². The summed E-state index contributed by atoms with van der Waals surface area (Å²) in [4.78, 5) is 32.9. The molecule has 0 N–H and O–H groups in total. The molecular weight excluding hydrogens is 368 g/mol. The lowest BCUT2D eigenvalue weighted by molar-refractivity contribution is -0.143. The lowest BCUT2D eigenvalue weighted by atomic mass is 9.94. The Morgan fingerprint density at radius 2 is 1.96 bits per heavy atom. The van der Waals surface area contributed by atoms with Crippen molar-refractivity contribution >= 4 is 40.6 Å². The minimum Gasteiger partial charge on any atom is -0.459 e. The van der Waals surface area contributed by atoms with E-state index in [4.69, 9.17) is 4.74 Å². The maximum atomic E-state index is 12.8. The molecule has 0 spiro atoms. The normalized spacial score (nSPS) is 22.6. The summed E-state index contributed by atoms with van der Waals surface area (Å²) in [7, 11) is 0. The minimum atomic E-state index is -0.505. The van der Waals surface area contributed by atoms with Crippen LogP contribution in [0.4, 0.5) is 0 Å². The number of fused-ring (bicyclic) bond motifs is 1. The number of amidine groups is 1. The highest BCUT2D eigenvalue weighted by Gasteiger charge is 2.46. The van der Waals surface area contributed by atoms with Crippen LogP contribution in [0.15, 0.2) is 45.4 Å². The second-order valence-electron chi connectivity index (χ2n) is 6.49. The summed E-state index contributed by atoms with van der Waals surface area (Å²) in [5, 5.41) is 0.440. The number of allylic oxidation sites excluding steroid dienone is 1. The van der Waals surface area contributed by atoms with E-state index >= 15 is 0 Å². The first kappa shape index (κ1) is 19.0. The van der Waals surface area contributed by atoms with Gasteiger partial charge < -0.3 is 4.74 Å². The van der Waals surface area contributed by atoms with E-state index in [-0.39, 0.29) is 17.3 Å². The third-order valence-corrected chi connectivity index (χ3v) is 6.05. The van der Waals surface area contributed by atoms with Crippen LogP contribution in [-0.4, -0.2) is 39.6 Å². The Kier molecular flexibility index (Phi) is 5.48. The van der Waals surface area contributed by atoms with Crippen molar-refractivity contribution in [2.75, 3.05) is 6.26 Å². The number of hydrogen-bond donors (Lipinski definition) is 0. The van der Waals surface area contributed by atoms with Crippen molar-refractivity contribution in [3.8, 4) is 0 Å². The number of nitrogens with zero attached hydrogens (tertiary/aromatic N) is 2. The molecule has 1 fully saturated rings. The maximum absolute atomic E-state index is 12.8. The monoisotopic (exact) mass is 390 g/mol. The van der Waals surface area contributed by atoms with Crippen LogP contribution >= 0.6 is 23.5 Å². The molecule has 0 radical (unpaired) electrons. The number of esters is 1. The molecule has 3 rings (SSSR count).